The molecule has 4 rings (SSSR count). The van der Waals surface area contributed by atoms with E-state index in [1.807, 2.05) is 29.6 Å². The van der Waals surface area contributed by atoms with Crippen molar-refractivity contribution in [1.82, 2.24) is 4.72 Å². The van der Waals surface area contributed by atoms with E-state index in [4.69, 9.17) is 0 Å². The van der Waals surface area contributed by atoms with Gasteiger partial charge in [-0.05, 0) is 52.6 Å². The maximum Gasteiger partial charge on any atom is 0.265 e. The number of benzene rings is 3. The van der Waals surface area contributed by atoms with Gasteiger partial charge in [-0.15, -0.1) is 11.3 Å². The van der Waals surface area contributed by atoms with Crippen LogP contribution in [0.5, 0.6) is 0 Å². The van der Waals surface area contributed by atoms with Crippen molar-refractivity contribution in [2.45, 2.75) is 11.3 Å². The van der Waals surface area contributed by atoms with Crippen LogP contribution in [0, 0.1) is 0 Å². The minimum atomic E-state index is -3.74. The maximum atomic E-state index is 12.6. The van der Waals surface area contributed by atoms with E-state index in [0.717, 1.165) is 10.8 Å². The number of rotatable bonds is 8. The molecule has 3 aromatic carbocycles. The van der Waals surface area contributed by atoms with Gasteiger partial charge < -0.3 is 10.6 Å². The zero-order chi connectivity index (χ0) is 23.3. The van der Waals surface area contributed by atoms with Gasteiger partial charge in [-0.3, -0.25) is 9.59 Å². The third-order valence-corrected chi connectivity index (χ3v) is 7.15. The highest BCUT2D eigenvalue weighted by Gasteiger charge is 2.15. The van der Waals surface area contributed by atoms with Gasteiger partial charge in [0.2, 0.25) is 15.9 Å². The van der Waals surface area contributed by atoms with E-state index < -0.39 is 10.0 Å². The molecule has 0 spiro atoms. The summed E-state index contributed by atoms with van der Waals surface area (Å²) in [6.45, 7) is -0.0458. The summed E-state index contributed by atoms with van der Waals surface area (Å²) in [6.07, 6.45) is -0.0431. The summed E-state index contributed by atoms with van der Waals surface area (Å²) < 4.78 is 27.6. The summed E-state index contributed by atoms with van der Waals surface area (Å²) in [7, 11) is -3.74. The van der Waals surface area contributed by atoms with Gasteiger partial charge in [-0.25, -0.2) is 13.1 Å². The van der Waals surface area contributed by atoms with Crippen molar-refractivity contribution >= 4 is 55.3 Å². The van der Waals surface area contributed by atoms with Crippen LogP contribution in [0.1, 0.15) is 16.1 Å². The number of carbonyl (C=O) groups excluding carboxylic acids is 2. The Kier molecular flexibility index (Phi) is 6.83. The Balaban J connectivity index is 1.31. The fourth-order valence-electron chi connectivity index (χ4n) is 3.22. The molecule has 1 heterocycles. The first-order valence-electron chi connectivity index (χ1n) is 10.1. The van der Waals surface area contributed by atoms with E-state index >= 15 is 0 Å². The van der Waals surface area contributed by atoms with Gasteiger partial charge in [0.05, 0.1) is 9.77 Å². The lowest BCUT2D eigenvalue weighted by Gasteiger charge is -2.10. The van der Waals surface area contributed by atoms with Gasteiger partial charge >= 0.3 is 0 Å². The van der Waals surface area contributed by atoms with E-state index in [2.05, 4.69) is 15.4 Å². The Morgan fingerprint density at radius 2 is 1.55 bits per heavy atom. The number of thiophene rings is 1. The van der Waals surface area contributed by atoms with E-state index in [0.29, 0.717) is 16.3 Å². The third kappa shape index (κ3) is 5.83. The molecule has 0 saturated carbocycles. The number of anilines is 2. The lowest BCUT2D eigenvalue weighted by Crippen LogP contribution is -2.27. The molecular formula is C24H21N3O4S2. The molecule has 7 nitrogen and oxygen atoms in total. The second-order valence-corrected chi connectivity index (χ2v) is 9.93. The average Bonchev–Trinajstić information content (AvgIpc) is 3.34. The summed E-state index contributed by atoms with van der Waals surface area (Å²) in [4.78, 5) is 25.2. The minimum Gasteiger partial charge on any atom is -0.326 e. The molecule has 0 radical (unpaired) electrons. The Morgan fingerprint density at radius 1 is 0.788 bits per heavy atom. The molecule has 0 unspecified atom stereocenters. The Morgan fingerprint density at radius 3 is 2.30 bits per heavy atom. The first kappa shape index (κ1) is 22.7. The maximum absolute atomic E-state index is 12.6. The van der Waals surface area contributed by atoms with Crippen LogP contribution in [0.15, 0.2) is 89.1 Å². The molecule has 0 fully saturated rings. The molecule has 0 saturated heterocycles. The number of carbonyl (C=O) groups is 2. The van der Waals surface area contributed by atoms with Crippen LogP contribution in [-0.4, -0.2) is 26.8 Å². The van der Waals surface area contributed by atoms with E-state index in [1.165, 1.54) is 11.3 Å². The van der Waals surface area contributed by atoms with Gasteiger partial charge in [0.25, 0.3) is 5.91 Å². The Bertz CT molecular complexity index is 1400. The molecule has 0 aliphatic rings. The molecular weight excluding hydrogens is 458 g/mol. The zero-order valence-corrected chi connectivity index (χ0v) is 19.1. The third-order valence-electron chi connectivity index (χ3n) is 4.82. The lowest BCUT2D eigenvalue weighted by molar-refractivity contribution is -0.116. The molecule has 2 amide bonds. The van der Waals surface area contributed by atoms with Gasteiger partial charge in [0, 0.05) is 24.3 Å². The topological polar surface area (TPSA) is 104 Å². The highest BCUT2D eigenvalue weighted by atomic mass is 32.2. The number of hydrogen-bond acceptors (Lipinski definition) is 5. The van der Waals surface area contributed by atoms with Gasteiger partial charge in [0.1, 0.15) is 0 Å². The molecule has 0 bridgehead atoms. The van der Waals surface area contributed by atoms with Crippen LogP contribution in [0.25, 0.3) is 10.8 Å². The highest BCUT2D eigenvalue weighted by molar-refractivity contribution is 7.89. The average molecular weight is 480 g/mol. The molecule has 4 aromatic rings. The molecule has 1 aromatic heterocycles. The highest BCUT2D eigenvalue weighted by Crippen LogP contribution is 2.19. The van der Waals surface area contributed by atoms with Crippen LogP contribution in [-0.2, 0) is 14.8 Å². The predicted molar refractivity (Wildman–Crippen MR) is 131 cm³/mol. The van der Waals surface area contributed by atoms with E-state index in [-0.39, 0.29) is 29.7 Å². The summed E-state index contributed by atoms with van der Waals surface area (Å²) in [5.41, 5.74) is 1.05. The quantitative estimate of drug-likeness (QED) is 0.347. The Labute approximate surface area is 195 Å². The van der Waals surface area contributed by atoms with Crippen molar-refractivity contribution in [2.75, 3.05) is 17.2 Å². The number of hydrogen-bond donors (Lipinski definition) is 3. The predicted octanol–water partition coefficient (Wildman–Crippen LogP) is 4.46. The second-order valence-electron chi connectivity index (χ2n) is 7.22. The SMILES string of the molecule is O=C(CCNS(=O)(=O)c1ccc2ccccc2c1)Nc1cccc(NC(=O)c2cccs2)c1. The number of sulfonamides is 1. The fraction of sp³-hybridized carbons (Fsp3) is 0.0833. The van der Waals surface area contributed by atoms with Crippen LogP contribution >= 0.6 is 11.3 Å². The van der Waals surface area contributed by atoms with Crippen LogP contribution in [0.4, 0.5) is 11.4 Å². The van der Waals surface area contributed by atoms with Crippen molar-refractivity contribution in [1.29, 1.82) is 0 Å². The van der Waals surface area contributed by atoms with Crippen molar-refractivity contribution in [2.24, 2.45) is 0 Å². The minimum absolute atomic E-state index is 0.0431. The molecule has 0 aliphatic heterocycles. The second kappa shape index (κ2) is 9.95. The standard InChI is InChI=1S/C24H21N3O4S2/c28-23(26-19-7-3-8-20(16-19)27-24(29)22-9-4-14-32-22)12-13-25-33(30,31)21-11-10-17-5-1-2-6-18(17)15-21/h1-11,14-16,25H,12-13H2,(H,26,28)(H,27,29). The van der Waals surface area contributed by atoms with Gasteiger partial charge in [0.15, 0.2) is 0 Å². The van der Waals surface area contributed by atoms with Gasteiger partial charge in [-0.1, -0.05) is 42.5 Å². The number of nitrogens with one attached hydrogen (secondary N) is 3. The van der Waals surface area contributed by atoms with E-state index in [1.54, 1.807) is 54.6 Å². The van der Waals surface area contributed by atoms with Crippen LogP contribution in [0.2, 0.25) is 0 Å². The van der Waals surface area contributed by atoms with Crippen molar-refractivity contribution in [3.05, 3.63) is 89.1 Å². The summed E-state index contributed by atoms with van der Waals surface area (Å²) in [5.74, 6) is -0.575. The summed E-state index contributed by atoms with van der Waals surface area (Å²) in [5, 5.41) is 9.09. The molecule has 168 valence electrons. The summed E-state index contributed by atoms with van der Waals surface area (Å²) >= 11 is 1.34. The molecule has 9 heteroatoms. The van der Waals surface area contributed by atoms with Crippen LogP contribution in [0.3, 0.4) is 0 Å². The molecule has 0 atom stereocenters. The van der Waals surface area contributed by atoms with Gasteiger partial charge in [-0.2, -0.15) is 0 Å². The number of amides is 2. The first-order chi connectivity index (χ1) is 15.9. The zero-order valence-electron chi connectivity index (χ0n) is 17.4. The molecule has 33 heavy (non-hydrogen) atoms. The fourth-order valence-corrected chi connectivity index (χ4v) is 4.90. The van der Waals surface area contributed by atoms with Crippen LogP contribution < -0.4 is 15.4 Å². The molecule has 0 aliphatic carbocycles. The Hall–Kier alpha value is -3.53. The summed E-state index contributed by atoms with van der Waals surface area (Å²) in [6, 6.07) is 22.7. The largest absolute Gasteiger partial charge is 0.326 e. The first-order valence-corrected chi connectivity index (χ1v) is 12.5. The monoisotopic (exact) mass is 479 g/mol. The molecule has 3 N–H and O–H groups in total. The normalized spacial score (nSPS) is 11.3. The smallest absolute Gasteiger partial charge is 0.265 e. The lowest BCUT2D eigenvalue weighted by atomic mass is 10.1. The van der Waals surface area contributed by atoms with Crippen molar-refractivity contribution in [3.8, 4) is 0 Å². The number of fused-ring (bicyclic) bond motifs is 1. The van der Waals surface area contributed by atoms with E-state index in [9.17, 15) is 18.0 Å². The van der Waals surface area contributed by atoms with Crippen molar-refractivity contribution < 1.29 is 18.0 Å². The van der Waals surface area contributed by atoms with Crippen molar-refractivity contribution in [3.63, 3.8) is 0 Å².